The van der Waals surface area contributed by atoms with Crippen molar-refractivity contribution in [3.8, 4) is 0 Å². The van der Waals surface area contributed by atoms with E-state index in [9.17, 15) is 4.79 Å². The summed E-state index contributed by atoms with van der Waals surface area (Å²) in [6, 6.07) is 9.33. The van der Waals surface area contributed by atoms with Crippen LogP contribution in [0.25, 0.3) is 0 Å². The third kappa shape index (κ3) is 5.85. The van der Waals surface area contributed by atoms with E-state index in [0.717, 1.165) is 5.56 Å². The van der Waals surface area contributed by atoms with Gasteiger partial charge in [-0.2, -0.15) is 0 Å². The molecule has 0 heterocycles. The summed E-state index contributed by atoms with van der Waals surface area (Å²) in [6.07, 6.45) is 0.942. The highest BCUT2D eigenvalue weighted by Gasteiger charge is 2.19. The van der Waals surface area contributed by atoms with E-state index in [-0.39, 0.29) is 30.4 Å². The lowest BCUT2D eigenvalue weighted by Crippen LogP contribution is -2.35. The Labute approximate surface area is 115 Å². The molecule has 0 aliphatic carbocycles. The molecule has 106 valence electrons. The maximum Gasteiger partial charge on any atom is 0.221 e. The summed E-state index contributed by atoms with van der Waals surface area (Å²) in [5, 5.41) is 11.8. The van der Waals surface area contributed by atoms with Gasteiger partial charge in [-0.1, -0.05) is 44.2 Å². The van der Waals surface area contributed by atoms with Crippen molar-refractivity contribution >= 4 is 5.91 Å². The molecule has 1 rings (SSSR count). The molecule has 0 saturated heterocycles. The Morgan fingerprint density at radius 2 is 2.00 bits per heavy atom. The summed E-state index contributed by atoms with van der Waals surface area (Å²) in [4.78, 5) is 11.8. The van der Waals surface area contributed by atoms with Crippen LogP contribution in [0, 0.1) is 5.41 Å². The van der Waals surface area contributed by atoms with E-state index in [2.05, 4.69) is 5.32 Å². The number of hydrogen-bond donors (Lipinski definition) is 3. The first-order valence-electron chi connectivity index (χ1n) is 6.63. The van der Waals surface area contributed by atoms with Crippen molar-refractivity contribution in [2.45, 2.75) is 32.7 Å². The smallest absolute Gasteiger partial charge is 0.221 e. The van der Waals surface area contributed by atoms with E-state index in [1.807, 2.05) is 44.2 Å². The van der Waals surface area contributed by atoms with Crippen LogP contribution in [0.15, 0.2) is 30.3 Å². The lowest BCUT2D eigenvalue weighted by atomic mass is 9.89. The van der Waals surface area contributed by atoms with E-state index in [1.54, 1.807) is 0 Å². The molecule has 1 atom stereocenters. The molecule has 0 saturated carbocycles. The summed E-state index contributed by atoms with van der Waals surface area (Å²) in [5.74, 6) is -0.0534. The van der Waals surface area contributed by atoms with Crippen LogP contribution < -0.4 is 11.1 Å². The summed E-state index contributed by atoms with van der Waals surface area (Å²) >= 11 is 0. The fourth-order valence-electron chi connectivity index (χ4n) is 1.82. The van der Waals surface area contributed by atoms with Crippen LogP contribution in [-0.2, 0) is 4.79 Å². The maximum absolute atomic E-state index is 11.8. The molecule has 1 amide bonds. The average Bonchev–Trinajstić information content (AvgIpc) is 2.37. The number of nitrogens with two attached hydrogens (primary N) is 1. The highest BCUT2D eigenvalue weighted by atomic mass is 16.3. The number of carbonyl (C=O) groups excluding carboxylic acids is 1. The SMILES string of the molecule is CC(C)(CCO)CNC(=O)CC(N)c1ccccc1. The highest BCUT2D eigenvalue weighted by Crippen LogP contribution is 2.18. The third-order valence-electron chi connectivity index (χ3n) is 3.19. The molecule has 1 aromatic carbocycles. The van der Waals surface area contributed by atoms with Crippen LogP contribution >= 0.6 is 0 Å². The minimum atomic E-state index is -0.276. The first-order valence-corrected chi connectivity index (χ1v) is 6.63. The zero-order valence-electron chi connectivity index (χ0n) is 11.7. The van der Waals surface area contributed by atoms with E-state index >= 15 is 0 Å². The van der Waals surface area contributed by atoms with Crippen LogP contribution in [0.5, 0.6) is 0 Å². The predicted molar refractivity (Wildman–Crippen MR) is 76.5 cm³/mol. The van der Waals surface area contributed by atoms with E-state index < -0.39 is 0 Å². The van der Waals surface area contributed by atoms with E-state index in [0.29, 0.717) is 13.0 Å². The van der Waals surface area contributed by atoms with Gasteiger partial charge in [-0.05, 0) is 17.4 Å². The molecule has 0 bridgehead atoms. The molecule has 0 fully saturated rings. The Hall–Kier alpha value is -1.39. The minimum absolute atomic E-state index is 0.0534. The average molecular weight is 264 g/mol. The summed E-state index contributed by atoms with van der Waals surface area (Å²) in [6.45, 7) is 4.71. The number of rotatable bonds is 7. The van der Waals surface area contributed by atoms with E-state index in [4.69, 9.17) is 10.8 Å². The van der Waals surface area contributed by atoms with Crippen molar-refractivity contribution in [2.75, 3.05) is 13.2 Å². The maximum atomic E-state index is 11.8. The summed E-state index contributed by atoms with van der Waals surface area (Å²) in [5.41, 5.74) is 6.86. The summed E-state index contributed by atoms with van der Waals surface area (Å²) in [7, 11) is 0. The molecule has 1 aromatic rings. The second-order valence-electron chi connectivity index (χ2n) is 5.64. The molecule has 0 radical (unpaired) electrons. The standard InChI is InChI=1S/C15H24N2O2/c1-15(2,8-9-18)11-17-14(19)10-13(16)12-6-4-3-5-7-12/h3-7,13,18H,8-11,16H2,1-2H3,(H,17,19). The third-order valence-corrected chi connectivity index (χ3v) is 3.19. The molecule has 0 spiro atoms. The van der Waals surface area contributed by atoms with Gasteiger partial charge in [-0.3, -0.25) is 4.79 Å². The molecular formula is C15H24N2O2. The van der Waals surface area contributed by atoms with Crippen molar-refractivity contribution < 1.29 is 9.90 Å². The Balaban J connectivity index is 2.39. The second-order valence-corrected chi connectivity index (χ2v) is 5.64. The van der Waals surface area contributed by atoms with Crippen molar-refractivity contribution in [3.63, 3.8) is 0 Å². The lowest BCUT2D eigenvalue weighted by molar-refractivity contribution is -0.121. The Kier molecular flexibility index (Phi) is 5.99. The molecule has 4 N–H and O–H groups in total. The largest absolute Gasteiger partial charge is 0.396 e. The van der Waals surface area contributed by atoms with Crippen molar-refractivity contribution in [3.05, 3.63) is 35.9 Å². The first kappa shape index (κ1) is 15.7. The monoisotopic (exact) mass is 264 g/mol. The molecule has 0 aromatic heterocycles. The van der Waals surface area contributed by atoms with Crippen LogP contribution in [-0.4, -0.2) is 24.2 Å². The number of aliphatic hydroxyl groups is 1. The van der Waals surface area contributed by atoms with Crippen LogP contribution in [0.3, 0.4) is 0 Å². The molecule has 0 aliphatic heterocycles. The lowest BCUT2D eigenvalue weighted by Gasteiger charge is -2.24. The normalized spacial score (nSPS) is 13.1. The molecule has 19 heavy (non-hydrogen) atoms. The fraction of sp³-hybridized carbons (Fsp3) is 0.533. The van der Waals surface area contributed by atoms with Gasteiger partial charge in [0.15, 0.2) is 0 Å². The van der Waals surface area contributed by atoms with Crippen molar-refractivity contribution in [2.24, 2.45) is 11.1 Å². The van der Waals surface area contributed by atoms with Crippen LogP contribution in [0.1, 0.15) is 38.3 Å². The zero-order chi connectivity index (χ0) is 14.3. The summed E-state index contributed by atoms with van der Waals surface area (Å²) < 4.78 is 0. The van der Waals surface area contributed by atoms with Crippen molar-refractivity contribution in [1.29, 1.82) is 0 Å². The minimum Gasteiger partial charge on any atom is -0.396 e. The Morgan fingerprint density at radius 3 is 2.58 bits per heavy atom. The second kappa shape index (κ2) is 7.26. The molecule has 4 heteroatoms. The zero-order valence-corrected chi connectivity index (χ0v) is 11.7. The van der Waals surface area contributed by atoms with Gasteiger partial charge in [-0.25, -0.2) is 0 Å². The van der Waals surface area contributed by atoms with Gasteiger partial charge in [0.25, 0.3) is 0 Å². The van der Waals surface area contributed by atoms with Gasteiger partial charge in [0.05, 0.1) is 0 Å². The molecular weight excluding hydrogens is 240 g/mol. The van der Waals surface area contributed by atoms with Gasteiger partial charge < -0.3 is 16.2 Å². The highest BCUT2D eigenvalue weighted by molar-refractivity contribution is 5.76. The van der Waals surface area contributed by atoms with Gasteiger partial charge >= 0.3 is 0 Å². The number of amides is 1. The quantitative estimate of drug-likeness (QED) is 0.700. The number of carbonyl (C=O) groups is 1. The number of hydrogen-bond acceptors (Lipinski definition) is 3. The predicted octanol–water partition coefficient (Wildman–Crippen LogP) is 1.60. The number of nitrogens with one attached hydrogen (secondary N) is 1. The van der Waals surface area contributed by atoms with Gasteiger partial charge in [0.1, 0.15) is 0 Å². The number of aliphatic hydroxyl groups excluding tert-OH is 1. The molecule has 0 aliphatic rings. The van der Waals surface area contributed by atoms with Gasteiger partial charge in [-0.15, -0.1) is 0 Å². The Bertz CT molecular complexity index is 390. The van der Waals surface area contributed by atoms with Gasteiger partial charge in [0.2, 0.25) is 5.91 Å². The number of benzene rings is 1. The van der Waals surface area contributed by atoms with Crippen LogP contribution in [0.4, 0.5) is 0 Å². The van der Waals surface area contributed by atoms with Gasteiger partial charge in [0, 0.05) is 25.6 Å². The van der Waals surface area contributed by atoms with E-state index in [1.165, 1.54) is 0 Å². The Morgan fingerprint density at radius 1 is 1.37 bits per heavy atom. The molecule has 4 nitrogen and oxygen atoms in total. The first-order chi connectivity index (χ1) is 8.94. The fourth-order valence-corrected chi connectivity index (χ4v) is 1.82. The van der Waals surface area contributed by atoms with Crippen LogP contribution in [0.2, 0.25) is 0 Å². The molecule has 1 unspecified atom stereocenters. The topological polar surface area (TPSA) is 75.3 Å². The van der Waals surface area contributed by atoms with Crippen molar-refractivity contribution in [1.82, 2.24) is 5.32 Å².